The van der Waals surface area contributed by atoms with E-state index in [9.17, 15) is 0 Å². The van der Waals surface area contributed by atoms with E-state index in [0.29, 0.717) is 0 Å². The number of nitrogens with two attached hydrogens (primary N) is 2. The maximum Gasteiger partial charge on any atom is 0.0314 e. The summed E-state index contributed by atoms with van der Waals surface area (Å²) in [6.45, 7) is 0. The summed E-state index contributed by atoms with van der Waals surface area (Å²) < 4.78 is 0. The minimum atomic E-state index is 0.834. The van der Waals surface area contributed by atoms with Gasteiger partial charge in [0, 0.05) is 11.4 Å². The van der Waals surface area contributed by atoms with Gasteiger partial charge in [0.25, 0.3) is 0 Å². The van der Waals surface area contributed by atoms with E-state index in [0.717, 1.165) is 37.1 Å². The first-order valence-corrected chi connectivity index (χ1v) is 9.46. The molecular formula is C24H28N2. The summed E-state index contributed by atoms with van der Waals surface area (Å²) in [6, 6.07) is 25.5. The van der Waals surface area contributed by atoms with E-state index in [1.165, 1.54) is 35.1 Å². The third kappa shape index (κ3) is 5.66. The molecule has 3 aromatic rings. The van der Waals surface area contributed by atoms with Crippen molar-refractivity contribution in [1.82, 2.24) is 0 Å². The van der Waals surface area contributed by atoms with E-state index >= 15 is 0 Å². The topological polar surface area (TPSA) is 52.0 Å². The SMILES string of the molecule is Nc1ccc(CCCc2ccc(CCCc3ccc(N)cc3)cc2)cc1. The lowest BCUT2D eigenvalue weighted by atomic mass is 10.00. The fourth-order valence-electron chi connectivity index (χ4n) is 3.23. The van der Waals surface area contributed by atoms with Crippen molar-refractivity contribution in [2.45, 2.75) is 38.5 Å². The van der Waals surface area contributed by atoms with E-state index in [4.69, 9.17) is 11.5 Å². The smallest absolute Gasteiger partial charge is 0.0314 e. The zero-order valence-electron chi connectivity index (χ0n) is 15.3. The van der Waals surface area contributed by atoms with Crippen molar-refractivity contribution in [3.8, 4) is 0 Å². The van der Waals surface area contributed by atoms with E-state index in [2.05, 4.69) is 48.5 Å². The predicted octanol–water partition coefficient (Wildman–Crippen LogP) is 5.20. The molecule has 0 spiro atoms. The molecular weight excluding hydrogens is 316 g/mol. The van der Waals surface area contributed by atoms with Gasteiger partial charge in [-0.2, -0.15) is 0 Å². The van der Waals surface area contributed by atoms with Crippen LogP contribution in [-0.2, 0) is 25.7 Å². The second-order valence-corrected chi connectivity index (χ2v) is 7.01. The molecule has 0 aliphatic heterocycles. The van der Waals surface area contributed by atoms with Gasteiger partial charge in [-0.3, -0.25) is 0 Å². The maximum absolute atomic E-state index is 5.73. The van der Waals surface area contributed by atoms with Gasteiger partial charge in [0.05, 0.1) is 0 Å². The summed E-state index contributed by atoms with van der Waals surface area (Å²) in [5, 5.41) is 0. The van der Waals surface area contributed by atoms with Gasteiger partial charge >= 0.3 is 0 Å². The lowest BCUT2D eigenvalue weighted by Gasteiger charge is -2.06. The molecule has 2 heteroatoms. The highest BCUT2D eigenvalue weighted by Gasteiger charge is 1.99. The molecule has 3 aromatic carbocycles. The van der Waals surface area contributed by atoms with Crippen LogP contribution < -0.4 is 11.5 Å². The molecule has 3 rings (SSSR count). The van der Waals surface area contributed by atoms with Crippen LogP contribution in [0.25, 0.3) is 0 Å². The third-order valence-electron chi connectivity index (χ3n) is 4.84. The zero-order chi connectivity index (χ0) is 18.2. The fourth-order valence-corrected chi connectivity index (χ4v) is 3.23. The summed E-state index contributed by atoms with van der Waals surface area (Å²) in [4.78, 5) is 0. The highest BCUT2D eigenvalue weighted by atomic mass is 14.5. The van der Waals surface area contributed by atoms with Crippen molar-refractivity contribution in [3.05, 3.63) is 95.1 Å². The monoisotopic (exact) mass is 344 g/mol. The van der Waals surface area contributed by atoms with E-state index < -0.39 is 0 Å². The van der Waals surface area contributed by atoms with Crippen LogP contribution in [0.1, 0.15) is 35.1 Å². The number of aryl methyl sites for hydroxylation is 4. The molecule has 0 bridgehead atoms. The molecule has 0 saturated heterocycles. The zero-order valence-corrected chi connectivity index (χ0v) is 15.3. The average molecular weight is 345 g/mol. The molecule has 0 fully saturated rings. The molecule has 0 aromatic heterocycles. The van der Waals surface area contributed by atoms with Gasteiger partial charge in [0.1, 0.15) is 0 Å². The maximum atomic E-state index is 5.73. The molecule has 0 saturated carbocycles. The third-order valence-corrected chi connectivity index (χ3v) is 4.84. The minimum absolute atomic E-state index is 0.834. The van der Waals surface area contributed by atoms with Crippen molar-refractivity contribution < 1.29 is 0 Å². The summed E-state index contributed by atoms with van der Waals surface area (Å²) >= 11 is 0. The molecule has 0 atom stereocenters. The fraction of sp³-hybridized carbons (Fsp3) is 0.250. The molecule has 0 radical (unpaired) electrons. The van der Waals surface area contributed by atoms with Gasteiger partial charge in [-0.05, 0) is 85.0 Å². The van der Waals surface area contributed by atoms with Crippen LogP contribution in [0.15, 0.2) is 72.8 Å². The Labute approximate surface area is 156 Å². The molecule has 4 N–H and O–H groups in total. The Morgan fingerprint density at radius 1 is 0.385 bits per heavy atom. The number of anilines is 2. The van der Waals surface area contributed by atoms with Crippen molar-refractivity contribution in [2.24, 2.45) is 0 Å². The first-order valence-electron chi connectivity index (χ1n) is 9.46. The summed E-state index contributed by atoms with van der Waals surface area (Å²) in [5.41, 5.74) is 18.7. The Morgan fingerprint density at radius 3 is 0.885 bits per heavy atom. The van der Waals surface area contributed by atoms with Gasteiger partial charge in [-0.15, -0.1) is 0 Å². The minimum Gasteiger partial charge on any atom is -0.399 e. The van der Waals surface area contributed by atoms with Crippen LogP contribution in [0, 0.1) is 0 Å². The van der Waals surface area contributed by atoms with Gasteiger partial charge in [0.15, 0.2) is 0 Å². The summed E-state index contributed by atoms with van der Waals surface area (Å²) in [5.74, 6) is 0. The summed E-state index contributed by atoms with van der Waals surface area (Å²) in [7, 11) is 0. The molecule has 26 heavy (non-hydrogen) atoms. The van der Waals surface area contributed by atoms with Crippen LogP contribution in [0.5, 0.6) is 0 Å². The Morgan fingerprint density at radius 2 is 0.615 bits per heavy atom. The Kier molecular flexibility index (Phi) is 6.32. The molecule has 0 heterocycles. The van der Waals surface area contributed by atoms with Crippen LogP contribution in [-0.4, -0.2) is 0 Å². The summed E-state index contributed by atoms with van der Waals surface area (Å²) in [6.07, 6.45) is 6.78. The largest absolute Gasteiger partial charge is 0.399 e. The van der Waals surface area contributed by atoms with E-state index in [1.54, 1.807) is 0 Å². The molecule has 0 unspecified atom stereocenters. The number of benzene rings is 3. The van der Waals surface area contributed by atoms with Crippen molar-refractivity contribution in [3.63, 3.8) is 0 Å². The molecule has 2 nitrogen and oxygen atoms in total. The van der Waals surface area contributed by atoms with E-state index in [-0.39, 0.29) is 0 Å². The number of hydrogen-bond donors (Lipinski definition) is 2. The second-order valence-electron chi connectivity index (χ2n) is 7.01. The molecule has 0 aliphatic rings. The first-order chi connectivity index (χ1) is 12.7. The second kappa shape index (κ2) is 9.10. The lowest BCUT2D eigenvalue weighted by Crippen LogP contribution is -1.93. The van der Waals surface area contributed by atoms with Crippen LogP contribution in [0.3, 0.4) is 0 Å². The Bertz CT molecular complexity index is 717. The average Bonchev–Trinajstić information content (AvgIpc) is 2.66. The normalized spacial score (nSPS) is 10.8. The molecule has 0 amide bonds. The Hall–Kier alpha value is -2.74. The van der Waals surface area contributed by atoms with Crippen LogP contribution in [0.4, 0.5) is 11.4 Å². The number of rotatable bonds is 8. The lowest BCUT2D eigenvalue weighted by molar-refractivity contribution is 0.810. The predicted molar refractivity (Wildman–Crippen MR) is 112 cm³/mol. The number of hydrogen-bond acceptors (Lipinski definition) is 2. The highest BCUT2D eigenvalue weighted by molar-refractivity contribution is 5.40. The highest BCUT2D eigenvalue weighted by Crippen LogP contribution is 2.14. The van der Waals surface area contributed by atoms with Gasteiger partial charge in [0.2, 0.25) is 0 Å². The standard InChI is InChI=1S/C24H28N2/c25-23-15-11-21(12-16-23)5-1-3-19-7-9-20(10-8-19)4-2-6-22-13-17-24(26)18-14-22/h7-18H,1-6,25-26H2. The van der Waals surface area contributed by atoms with E-state index in [1.807, 2.05) is 24.3 Å². The van der Waals surface area contributed by atoms with Crippen molar-refractivity contribution in [2.75, 3.05) is 11.5 Å². The first kappa shape index (κ1) is 18.1. The van der Waals surface area contributed by atoms with Crippen LogP contribution >= 0.6 is 0 Å². The van der Waals surface area contributed by atoms with Crippen LogP contribution in [0.2, 0.25) is 0 Å². The quantitative estimate of drug-likeness (QED) is 0.552. The molecule has 134 valence electrons. The number of nitrogen functional groups attached to an aromatic ring is 2. The van der Waals surface area contributed by atoms with Crippen molar-refractivity contribution >= 4 is 11.4 Å². The Balaban J connectivity index is 1.40. The van der Waals surface area contributed by atoms with Crippen molar-refractivity contribution in [1.29, 1.82) is 0 Å². The molecule has 0 aliphatic carbocycles. The van der Waals surface area contributed by atoms with Gasteiger partial charge < -0.3 is 11.5 Å². The van der Waals surface area contributed by atoms with Gasteiger partial charge in [-0.1, -0.05) is 48.5 Å². The van der Waals surface area contributed by atoms with Gasteiger partial charge in [-0.25, -0.2) is 0 Å².